The summed E-state index contributed by atoms with van der Waals surface area (Å²) < 4.78 is 2.42. The van der Waals surface area contributed by atoms with E-state index in [1.807, 2.05) is 30.5 Å². The second kappa shape index (κ2) is 12.8. The molecule has 3 aromatic heterocycles. The summed E-state index contributed by atoms with van der Waals surface area (Å²) in [5.74, 6) is 0.698. The molecule has 0 fully saturated rings. The minimum absolute atomic E-state index is 0.698. The summed E-state index contributed by atoms with van der Waals surface area (Å²) >= 11 is 1.80. The molecule has 3 nitrogen and oxygen atoms in total. The van der Waals surface area contributed by atoms with Crippen molar-refractivity contribution in [1.82, 2.24) is 15.0 Å². The Hall–Kier alpha value is -7.01. The highest BCUT2D eigenvalue weighted by molar-refractivity contribution is 7.26. The van der Waals surface area contributed by atoms with Crippen LogP contribution in [0.4, 0.5) is 0 Å². The van der Waals surface area contributed by atoms with E-state index in [9.17, 15) is 0 Å². The molecule has 8 aromatic carbocycles. The summed E-state index contributed by atoms with van der Waals surface area (Å²) in [5, 5.41) is 8.75. The highest BCUT2D eigenvalue weighted by Crippen LogP contribution is 2.43. The molecule has 0 saturated carbocycles. The van der Waals surface area contributed by atoms with Gasteiger partial charge in [-0.15, -0.1) is 11.3 Å². The molecule has 0 atom stereocenters. The third-order valence-corrected chi connectivity index (χ3v) is 11.9. The average molecular weight is 718 g/mol. The van der Waals surface area contributed by atoms with Crippen LogP contribution in [0.5, 0.6) is 0 Å². The molecule has 11 rings (SSSR count). The first-order chi connectivity index (χ1) is 27.2. The maximum absolute atomic E-state index is 5.27. The van der Waals surface area contributed by atoms with Gasteiger partial charge in [-0.3, -0.25) is 4.98 Å². The lowest BCUT2D eigenvalue weighted by atomic mass is 9.90. The van der Waals surface area contributed by atoms with Gasteiger partial charge in [0.2, 0.25) is 0 Å². The van der Waals surface area contributed by atoms with Crippen molar-refractivity contribution in [1.29, 1.82) is 0 Å². The molecule has 0 aliphatic carbocycles. The fourth-order valence-electron chi connectivity index (χ4n) is 8.09. The Morgan fingerprint density at radius 1 is 0.345 bits per heavy atom. The van der Waals surface area contributed by atoms with E-state index < -0.39 is 0 Å². The first kappa shape index (κ1) is 31.5. The fraction of sp³-hybridized carbons (Fsp3) is 0. The number of nitrogens with zero attached hydrogens (tertiary/aromatic N) is 3. The van der Waals surface area contributed by atoms with Crippen molar-refractivity contribution in [2.45, 2.75) is 0 Å². The van der Waals surface area contributed by atoms with E-state index in [-0.39, 0.29) is 0 Å². The lowest BCUT2D eigenvalue weighted by Crippen LogP contribution is -1.96. The van der Waals surface area contributed by atoms with Crippen LogP contribution in [0.15, 0.2) is 188 Å². The highest BCUT2D eigenvalue weighted by atomic mass is 32.1. The van der Waals surface area contributed by atoms with E-state index in [2.05, 4.69) is 158 Å². The summed E-state index contributed by atoms with van der Waals surface area (Å²) in [6.07, 6.45) is 1.95. The van der Waals surface area contributed by atoms with Gasteiger partial charge in [0.25, 0.3) is 0 Å². The SMILES string of the molecule is c1ccc(-c2cc(-c3cc(-c4ccc5c6ccccc6c6ccccc6c5c4)cc(-c4ccnc5c4sc4ccccc45)c3)nc(-c3ccccc3)n2)cc1. The molecule has 0 radical (unpaired) electrons. The monoisotopic (exact) mass is 717 g/mol. The van der Waals surface area contributed by atoms with Crippen molar-refractivity contribution >= 4 is 64.0 Å². The minimum Gasteiger partial charge on any atom is -0.255 e. The third kappa shape index (κ3) is 5.38. The Balaban J connectivity index is 1.19. The van der Waals surface area contributed by atoms with E-state index in [4.69, 9.17) is 15.0 Å². The number of aromatic nitrogens is 3. The fourth-order valence-corrected chi connectivity index (χ4v) is 9.28. The number of fused-ring (bicyclic) bond motifs is 9. The van der Waals surface area contributed by atoms with E-state index in [0.717, 1.165) is 55.8 Å². The van der Waals surface area contributed by atoms with Crippen molar-refractivity contribution in [3.05, 3.63) is 188 Å². The summed E-state index contributed by atoms with van der Waals surface area (Å²) in [6, 6.07) is 64.9. The van der Waals surface area contributed by atoms with Gasteiger partial charge in [-0.1, -0.05) is 140 Å². The van der Waals surface area contributed by atoms with Gasteiger partial charge in [-0.2, -0.15) is 0 Å². The molecule has 0 amide bonds. The van der Waals surface area contributed by atoms with Crippen molar-refractivity contribution in [2.75, 3.05) is 0 Å². The molecule has 0 saturated heterocycles. The summed E-state index contributed by atoms with van der Waals surface area (Å²) in [4.78, 5) is 15.3. The lowest BCUT2D eigenvalue weighted by molar-refractivity contribution is 1.18. The Labute approximate surface area is 321 Å². The number of benzene rings is 8. The van der Waals surface area contributed by atoms with Crippen molar-refractivity contribution in [3.63, 3.8) is 0 Å². The van der Waals surface area contributed by atoms with Crippen LogP contribution in [-0.4, -0.2) is 15.0 Å². The normalized spacial score (nSPS) is 11.6. The van der Waals surface area contributed by atoms with Gasteiger partial charge < -0.3 is 0 Å². The van der Waals surface area contributed by atoms with Crippen LogP contribution in [0, 0.1) is 0 Å². The van der Waals surface area contributed by atoms with Crippen molar-refractivity contribution < 1.29 is 0 Å². The van der Waals surface area contributed by atoms with Crippen LogP contribution in [0.25, 0.3) is 109 Å². The van der Waals surface area contributed by atoms with Crippen LogP contribution in [-0.2, 0) is 0 Å². The molecular formula is C51H31N3S. The van der Waals surface area contributed by atoms with Gasteiger partial charge in [0.15, 0.2) is 5.82 Å². The van der Waals surface area contributed by atoms with Crippen LogP contribution in [0.2, 0.25) is 0 Å². The molecule has 256 valence electrons. The van der Waals surface area contributed by atoms with Crippen molar-refractivity contribution in [3.8, 4) is 56.2 Å². The second-order valence-electron chi connectivity index (χ2n) is 14.0. The van der Waals surface area contributed by atoms with E-state index in [1.54, 1.807) is 11.3 Å². The maximum atomic E-state index is 5.27. The van der Waals surface area contributed by atoms with Gasteiger partial charge >= 0.3 is 0 Å². The van der Waals surface area contributed by atoms with Crippen LogP contribution < -0.4 is 0 Å². The van der Waals surface area contributed by atoms with E-state index in [1.165, 1.54) is 47.1 Å². The van der Waals surface area contributed by atoms with Crippen molar-refractivity contribution in [2.24, 2.45) is 0 Å². The molecule has 0 spiro atoms. The molecule has 4 heteroatoms. The summed E-state index contributed by atoms with van der Waals surface area (Å²) in [7, 11) is 0. The van der Waals surface area contributed by atoms with Crippen LogP contribution in [0.3, 0.4) is 0 Å². The van der Waals surface area contributed by atoms with E-state index >= 15 is 0 Å². The number of hydrogen-bond donors (Lipinski definition) is 0. The number of pyridine rings is 1. The zero-order valence-corrected chi connectivity index (χ0v) is 30.5. The largest absolute Gasteiger partial charge is 0.255 e. The summed E-state index contributed by atoms with van der Waals surface area (Å²) in [6.45, 7) is 0. The predicted molar refractivity (Wildman–Crippen MR) is 232 cm³/mol. The quantitative estimate of drug-likeness (QED) is 0.166. The smallest absolute Gasteiger partial charge is 0.160 e. The lowest BCUT2D eigenvalue weighted by Gasteiger charge is -2.15. The molecule has 0 unspecified atom stereocenters. The van der Waals surface area contributed by atoms with Gasteiger partial charge in [-0.25, -0.2) is 9.97 Å². The zero-order chi connectivity index (χ0) is 36.3. The second-order valence-corrected chi connectivity index (χ2v) is 15.0. The number of thiophene rings is 1. The molecule has 55 heavy (non-hydrogen) atoms. The number of rotatable bonds is 5. The number of hydrogen-bond acceptors (Lipinski definition) is 4. The molecule has 0 aliphatic rings. The Morgan fingerprint density at radius 3 is 1.60 bits per heavy atom. The topological polar surface area (TPSA) is 38.7 Å². The molecule has 0 bridgehead atoms. The Bertz CT molecular complexity index is 3170. The van der Waals surface area contributed by atoms with Crippen LogP contribution >= 0.6 is 11.3 Å². The zero-order valence-electron chi connectivity index (χ0n) is 29.6. The van der Waals surface area contributed by atoms with Gasteiger partial charge in [0.1, 0.15) is 0 Å². The Morgan fingerprint density at radius 2 is 0.891 bits per heavy atom. The first-order valence-corrected chi connectivity index (χ1v) is 19.3. The van der Waals surface area contributed by atoms with Crippen LogP contribution in [0.1, 0.15) is 0 Å². The molecule has 0 N–H and O–H groups in total. The maximum Gasteiger partial charge on any atom is 0.160 e. The minimum atomic E-state index is 0.698. The van der Waals surface area contributed by atoms with Gasteiger partial charge in [-0.05, 0) is 91.5 Å². The summed E-state index contributed by atoms with van der Waals surface area (Å²) in [5.41, 5.74) is 10.4. The average Bonchev–Trinajstić information content (AvgIpc) is 3.66. The molecular weight excluding hydrogens is 687 g/mol. The predicted octanol–water partition coefficient (Wildman–Crippen LogP) is 14.0. The van der Waals surface area contributed by atoms with Gasteiger partial charge in [0.05, 0.1) is 21.6 Å². The highest BCUT2D eigenvalue weighted by Gasteiger charge is 2.17. The molecule has 0 aliphatic heterocycles. The molecule has 11 aromatic rings. The Kier molecular flexibility index (Phi) is 7.35. The molecule has 3 heterocycles. The third-order valence-electron chi connectivity index (χ3n) is 10.7. The standard InChI is InChI=1S/C51H31N3S/c1-3-13-32(14-4-1)46-31-47(54-51(53-46)33-15-5-2-6-16-33)37-28-35(27-36(29-37)38-25-26-52-49-44-21-11-12-22-48(44)55-50(38)49)34-23-24-43-41-19-8-7-17-39(41)40-18-9-10-20-42(40)45(43)30-34/h1-31H. The van der Waals surface area contributed by atoms with Gasteiger partial charge in [0, 0.05) is 38.5 Å². The van der Waals surface area contributed by atoms with E-state index in [0.29, 0.717) is 5.82 Å². The first-order valence-electron chi connectivity index (χ1n) is 18.5.